The molecule has 0 aliphatic rings. The van der Waals surface area contributed by atoms with Gasteiger partial charge in [-0.2, -0.15) is 0 Å². The standard InChI is InChI=1S/C15H10BrFO3/c16-11-2-4-13(5-3-11)20-14-8-10(1-6-15(18)19)7-12(17)9-14/h1-9H,(H,18,19)/b6-1+. The van der Waals surface area contributed by atoms with E-state index in [2.05, 4.69) is 15.9 Å². The van der Waals surface area contributed by atoms with Crippen molar-refractivity contribution < 1.29 is 19.0 Å². The van der Waals surface area contributed by atoms with Gasteiger partial charge in [0.15, 0.2) is 0 Å². The quantitative estimate of drug-likeness (QED) is 0.837. The van der Waals surface area contributed by atoms with E-state index in [-0.39, 0.29) is 0 Å². The summed E-state index contributed by atoms with van der Waals surface area (Å²) >= 11 is 3.31. The Morgan fingerprint density at radius 3 is 2.50 bits per heavy atom. The molecule has 0 unspecified atom stereocenters. The van der Waals surface area contributed by atoms with Crippen LogP contribution in [0.2, 0.25) is 0 Å². The number of aliphatic carboxylic acids is 1. The minimum absolute atomic E-state index is 0.303. The van der Waals surface area contributed by atoms with Gasteiger partial charge in [-0.3, -0.25) is 0 Å². The first-order chi connectivity index (χ1) is 9.52. The van der Waals surface area contributed by atoms with Gasteiger partial charge in [0, 0.05) is 16.6 Å². The van der Waals surface area contributed by atoms with E-state index >= 15 is 0 Å². The zero-order valence-corrected chi connectivity index (χ0v) is 11.8. The average Bonchev–Trinajstić information content (AvgIpc) is 2.38. The van der Waals surface area contributed by atoms with Gasteiger partial charge in [0.2, 0.25) is 0 Å². The molecule has 0 aliphatic heterocycles. The largest absolute Gasteiger partial charge is 0.478 e. The predicted molar refractivity (Wildman–Crippen MR) is 77.3 cm³/mol. The highest BCUT2D eigenvalue weighted by molar-refractivity contribution is 9.10. The number of rotatable bonds is 4. The van der Waals surface area contributed by atoms with E-state index < -0.39 is 11.8 Å². The lowest BCUT2D eigenvalue weighted by atomic mass is 10.2. The van der Waals surface area contributed by atoms with Gasteiger partial charge in [0.25, 0.3) is 0 Å². The van der Waals surface area contributed by atoms with Gasteiger partial charge in [-0.25, -0.2) is 9.18 Å². The Bertz CT molecular complexity index is 651. The van der Waals surface area contributed by atoms with Crippen molar-refractivity contribution in [2.75, 3.05) is 0 Å². The Balaban J connectivity index is 2.23. The van der Waals surface area contributed by atoms with Gasteiger partial charge < -0.3 is 9.84 Å². The van der Waals surface area contributed by atoms with Gasteiger partial charge in [-0.05, 0) is 48.0 Å². The molecule has 1 N–H and O–H groups in total. The Kier molecular flexibility index (Phi) is 4.53. The van der Waals surface area contributed by atoms with Gasteiger partial charge in [-0.1, -0.05) is 15.9 Å². The second-order valence-corrected chi connectivity index (χ2v) is 4.86. The zero-order chi connectivity index (χ0) is 14.5. The van der Waals surface area contributed by atoms with Crippen LogP contribution in [-0.4, -0.2) is 11.1 Å². The number of carboxylic acids is 1. The molecule has 102 valence electrons. The molecule has 0 aliphatic carbocycles. The summed E-state index contributed by atoms with van der Waals surface area (Å²) in [4.78, 5) is 10.4. The maximum absolute atomic E-state index is 13.5. The fraction of sp³-hybridized carbons (Fsp3) is 0. The second-order valence-electron chi connectivity index (χ2n) is 3.95. The average molecular weight is 337 g/mol. The van der Waals surface area contributed by atoms with Crippen molar-refractivity contribution >= 4 is 28.0 Å². The van der Waals surface area contributed by atoms with Crippen LogP contribution < -0.4 is 4.74 Å². The minimum Gasteiger partial charge on any atom is -0.478 e. The van der Waals surface area contributed by atoms with Crippen molar-refractivity contribution in [1.29, 1.82) is 0 Å². The third-order valence-corrected chi connectivity index (χ3v) is 2.89. The molecule has 0 fully saturated rings. The molecule has 3 nitrogen and oxygen atoms in total. The number of carbonyl (C=O) groups is 1. The summed E-state index contributed by atoms with van der Waals surface area (Å²) in [6, 6.07) is 11.1. The second kappa shape index (κ2) is 6.34. The molecule has 5 heteroatoms. The molecule has 0 saturated heterocycles. The molecule has 0 heterocycles. The lowest BCUT2D eigenvalue weighted by Crippen LogP contribution is -1.89. The molecule has 0 aromatic heterocycles. The summed E-state index contributed by atoms with van der Waals surface area (Å²) in [5, 5.41) is 8.56. The van der Waals surface area contributed by atoms with E-state index in [1.54, 1.807) is 30.3 Å². The fourth-order valence-corrected chi connectivity index (χ4v) is 1.81. The number of halogens is 2. The topological polar surface area (TPSA) is 46.5 Å². The highest BCUT2D eigenvalue weighted by Gasteiger charge is 2.02. The van der Waals surface area contributed by atoms with Gasteiger partial charge in [-0.15, -0.1) is 0 Å². The number of carboxylic acid groups (broad SMARTS) is 1. The molecule has 2 aromatic rings. The third kappa shape index (κ3) is 4.20. The molecule has 0 radical (unpaired) electrons. The summed E-state index contributed by atoms with van der Waals surface area (Å²) in [5.41, 5.74) is 0.416. The number of ether oxygens (including phenoxy) is 1. The molecule has 2 rings (SSSR count). The molecule has 0 saturated carbocycles. The minimum atomic E-state index is -1.09. The Hall–Kier alpha value is -2.14. The first-order valence-electron chi connectivity index (χ1n) is 5.68. The van der Waals surface area contributed by atoms with Crippen LogP contribution in [0.15, 0.2) is 53.0 Å². The highest BCUT2D eigenvalue weighted by Crippen LogP contribution is 2.25. The van der Waals surface area contributed by atoms with E-state index in [1.807, 2.05) is 0 Å². The molecule has 0 amide bonds. The summed E-state index contributed by atoms with van der Waals surface area (Å²) in [6.07, 6.45) is 2.25. The Morgan fingerprint density at radius 2 is 1.85 bits per heavy atom. The van der Waals surface area contributed by atoms with Crippen molar-refractivity contribution in [3.05, 3.63) is 64.4 Å². The summed E-state index contributed by atoms with van der Waals surface area (Å²) < 4.78 is 19.9. The van der Waals surface area contributed by atoms with E-state index in [4.69, 9.17) is 9.84 Å². The fourth-order valence-electron chi connectivity index (χ4n) is 1.55. The van der Waals surface area contributed by atoms with E-state index in [0.29, 0.717) is 17.1 Å². The van der Waals surface area contributed by atoms with E-state index in [0.717, 1.165) is 10.5 Å². The van der Waals surface area contributed by atoms with Crippen LogP contribution in [0.25, 0.3) is 6.08 Å². The van der Waals surface area contributed by atoms with Crippen LogP contribution in [0, 0.1) is 5.82 Å². The molecular formula is C15H10BrFO3. The molecule has 0 bridgehead atoms. The van der Waals surface area contributed by atoms with Crippen LogP contribution in [-0.2, 0) is 4.79 Å². The molecule has 0 atom stereocenters. The summed E-state index contributed by atoms with van der Waals surface area (Å²) in [7, 11) is 0. The van der Waals surface area contributed by atoms with Crippen LogP contribution in [0.4, 0.5) is 4.39 Å². The smallest absolute Gasteiger partial charge is 0.328 e. The van der Waals surface area contributed by atoms with Crippen LogP contribution in [0.1, 0.15) is 5.56 Å². The molecule has 0 spiro atoms. The van der Waals surface area contributed by atoms with Crippen molar-refractivity contribution in [3.8, 4) is 11.5 Å². The van der Waals surface area contributed by atoms with Gasteiger partial charge in [0.05, 0.1) is 0 Å². The zero-order valence-electron chi connectivity index (χ0n) is 10.2. The Morgan fingerprint density at radius 1 is 1.15 bits per heavy atom. The SMILES string of the molecule is O=C(O)/C=C/c1cc(F)cc(Oc2ccc(Br)cc2)c1. The lowest BCUT2D eigenvalue weighted by Gasteiger charge is -2.07. The maximum atomic E-state index is 13.5. The first kappa shape index (κ1) is 14.3. The van der Waals surface area contributed by atoms with Crippen molar-refractivity contribution in [3.63, 3.8) is 0 Å². The number of hydrogen-bond acceptors (Lipinski definition) is 2. The van der Waals surface area contributed by atoms with E-state index in [1.165, 1.54) is 18.2 Å². The monoisotopic (exact) mass is 336 g/mol. The van der Waals surface area contributed by atoms with Gasteiger partial charge >= 0.3 is 5.97 Å². The molecule has 2 aromatic carbocycles. The summed E-state index contributed by atoms with van der Waals surface area (Å²) in [5.74, 6) is -0.724. The van der Waals surface area contributed by atoms with Crippen molar-refractivity contribution in [1.82, 2.24) is 0 Å². The van der Waals surface area contributed by atoms with Gasteiger partial charge in [0.1, 0.15) is 17.3 Å². The maximum Gasteiger partial charge on any atom is 0.328 e. The number of hydrogen-bond donors (Lipinski definition) is 1. The third-order valence-electron chi connectivity index (χ3n) is 2.36. The van der Waals surface area contributed by atoms with Crippen LogP contribution >= 0.6 is 15.9 Å². The number of benzene rings is 2. The molecular weight excluding hydrogens is 327 g/mol. The van der Waals surface area contributed by atoms with Crippen molar-refractivity contribution in [2.45, 2.75) is 0 Å². The van der Waals surface area contributed by atoms with E-state index in [9.17, 15) is 9.18 Å². The normalized spacial score (nSPS) is 10.7. The lowest BCUT2D eigenvalue weighted by molar-refractivity contribution is -0.131. The Labute approximate surface area is 123 Å². The first-order valence-corrected chi connectivity index (χ1v) is 6.47. The highest BCUT2D eigenvalue weighted by atomic mass is 79.9. The predicted octanol–water partition coefficient (Wildman–Crippen LogP) is 4.48. The molecule has 20 heavy (non-hydrogen) atoms. The van der Waals surface area contributed by atoms with Crippen molar-refractivity contribution in [2.24, 2.45) is 0 Å². The summed E-state index contributed by atoms with van der Waals surface area (Å²) in [6.45, 7) is 0. The van der Waals surface area contributed by atoms with Crippen LogP contribution in [0.5, 0.6) is 11.5 Å². The van der Waals surface area contributed by atoms with Crippen LogP contribution in [0.3, 0.4) is 0 Å².